The normalized spacial score (nSPS) is 12.5. The Bertz CT molecular complexity index is 1550. The zero-order valence-corrected chi connectivity index (χ0v) is 26.1. The number of aryl methyl sites for hydroxylation is 1. The Morgan fingerprint density at radius 1 is 0.953 bits per heavy atom. The van der Waals surface area contributed by atoms with Crippen LogP contribution in [0.1, 0.15) is 43.4 Å². The van der Waals surface area contributed by atoms with Crippen LogP contribution in [0.2, 0.25) is 10.0 Å². The molecule has 0 saturated carbocycles. The summed E-state index contributed by atoms with van der Waals surface area (Å²) >= 11 is 12.2. The first kappa shape index (κ1) is 34.2. The number of nitrogens with one attached hydrogen (secondary N) is 1. The molecule has 3 aromatic carbocycles. The fourth-order valence-electron chi connectivity index (χ4n) is 4.32. The van der Waals surface area contributed by atoms with Gasteiger partial charge in [0.2, 0.25) is 11.8 Å². The zero-order chi connectivity index (χ0) is 31.9. The van der Waals surface area contributed by atoms with Gasteiger partial charge in [-0.15, -0.1) is 0 Å². The van der Waals surface area contributed by atoms with Gasteiger partial charge in [0.1, 0.15) is 12.6 Å². The third-order valence-corrected chi connectivity index (χ3v) is 9.15. The minimum atomic E-state index is -4.76. The van der Waals surface area contributed by atoms with Crippen LogP contribution in [0, 0.1) is 6.92 Å². The Balaban J connectivity index is 2.12. The average Bonchev–Trinajstić information content (AvgIpc) is 2.96. The van der Waals surface area contributed by atoms with Gasteiger partial charge in [0, 0.05) is 13.1 Å². The molecule has 1 atom stereocenters. The van der Waals surface area contributed by atoms with E-state index < -0.39 is 46.2 Å². The fourth-order valence-corrected chi connectivity index (χ4v) is 6.05. The summed E-state index contributed by atoms with van der Waals surface area (Å²) in [6.45, 7) is 4.63. The van der Waals surface area contributed by atoms with Crippen LogP contribution in [0.4, 0.5) is 18.9 Å². The van der Waals surface area contributed by atoms with E-state index in [1.807, 2.05) is 6.92 Å². The summed E-state index contributed by atoms with van der Waals surface area (Å²) in [6.07, 6.45) is -3.94. The second-order valence-electron chi connectivity index (χ2n) is 9.86. The number of rotatable bonds is 12. The second kappa shape index (κ2) is 14.5. The molecule has 0 heterocycles. The second-order valence-corrected chi connectivity index (χ2v) is 12.5. The first-order chi connectivity index (χ1) is 20.2. The van der Waals surface area contributed by atoms with E-state index in [0.29, 0.717) is 28.9 Å². The zero-order valence-electron chi connectivity index (χ0n) is 23.8. The molecule has 2 amide bonds. The number of halogens is 5. The lowest BCUT2D eigenvalue weighted by Gasteiger charge is -2.33. The highest BCUT2D eigenvalue weighted by atomic mass is 35.5. The molecule has 0 aromatic heterocycles. The largest absolute Gasteiger partial charge is 0.416 e. The lowest BCUT2D eigenvalue weighted by molar-refractivity contribution is -0.140. The lowest BCUT2D eigenvalue weighted by Crippen LogP contribution is -2.52. The monoisotopic (exact) mass is 657 g/mol. The van der Waals surface area contributed by atoms with E-state index in [2.05, 4.69) is 5.32 Å². The number of anilines is 1. The van der Waals surface area contributed by atoms with E-state index in [0.717, 1.165) is 17.7 Å². The molecule has 0 fully saturated rings. The third-order valence-electron chi connectivity index (χ3n) is 6.62. The maximum atomic E-state index is 14.0. The molecule has 0 saturated heterocycles. The summed E-state index contributed by atoms with van der Waals surface area (Å²) in [5.41, 5.74) is -0.171. The molecular formula is C30H32Cl2F3N3O4S. The topological polar surface area (TPSA) is 86.8 Å². The average molecular weight is 659 g/mol. The van der Waals surface area contributed by atoms with Crippen molar-refractivity contribution in [2.45, 2.75) is 57.3 Å². The van der Waals surface area contributed by atoms with Crippen molar-refractivity contribution < 1.29 is 31.2 Å². The van der Waals surface area contributed by atoms with E-state index in [9.17, 15) is 31.2 Å². The van der Waals surface area contributed by atoms with Crippen molar-refractivity contribution in [2.24, 2.45) is 0 Å². The van der Waals surface area contributed by atoms with Crippen molar-refractivity contribution in [1.82, 2.24) is 10.2 Å². The first-order valence-corrected chi connectivity index (χ1v) is 15.7. The molecule has 0 aliphatic heterocycles. The van der Waals surface area contributed by atoms with E-state index in [1.165, 1.54) is 35.2 Å². The van der Waals surface area contributed by atoms with Crippen molar-refractivity contribution in [3.63, 3.8) is 0 Å². The molecule has 0 bridgehead atoms. The van der Waals surface area contributed by atoms with Crippen LogP contribution < -0.4 is 9.62 Å². The molecule has 0 spiro atoms. The molecule has 0 aliphatic rings. The quantitative estimate of drug-likeness (QED) is 0.231. The fraction of sp³-hybridized carbons (Fsp3) is 0.333. The summed E-state index contributed by atoms with van der Waals surface area (Å²) < 4.78 is 69.3. The summed E-state index contributed by atoms with van der Waals surface area (Å²) in [5, 5.41) is 3.24. The summed E-state index contributed by atoms with van der Waals surface area (Å²) in [4.78, 5) is 28.2. The number of carbonyl (C=O) groups excluding carboxylic acids is 2. The predicted molar refractivity (Wildman–Crippen MR) is 162 cm³/mol. The van der Waals surface area contributed by atoms with E-state index in [1.54, 1.807) is 32.0 Å². The first-order valence-electron chi connectivity index (χ1n) is 13.5. The Morgan fingerprint density at radius 3 is 2.21 bits per heavy atom. The number of benzene rings is 3. The maximum Gasteiger partial charge on any atom is 0.416 e. The highest BCUT2D eigenvalue weighted by molar-refractivity contribution is 7.92. The summed E-state index contributed by atoms with van der Waals surface area (Å²) in [5.74, 6) is -1.26. The number of hydrogen-bond donors (Lipinski definition) is 1. The summed E-state index contributed by atoms with van der Waals surface area (Å²) in [6, 6.07) is 13.1. The van der Waals surface area contributed by atoms with E-state index >= 15 is 0 Å². The number of alkyl halides is 3. The van der Waals surface area contributed by atoms with Crippen molar-refractivity contribution in [2.75, 3.05) is 17.4 Å². The van der Waals surface area contributed by atoms with Crippen LogP contribution in [0.15, 0.2) is 71.6 Å². The van der Waals surface area contributed by atoms with Crippen LogP contribution in [0.3, 0.4) is 0 Å². The van der Waals surface area contributed by atoms with Gasteiger partial charge in [-0.1, -0.05) is 66.9 Å². The molecule has 3 aromatic rings. The SMILES string of the molecule is CCCNC(=O)[C@@H](CC)N(Cc1ccc(Cl)c(Cl)c1)C(=O)CN(c1cccc(C(F)(F)F)c1)S(=O)(=O)c1ccc(C)cc1. The number of carbonyl (C=O) groups is 2. The molecular weight excluding hydrogens is 626 g/mol. The third kappa shape index (κ3) is 8.64. The molecule has 3 rings (SSSR count). The van der Waals surface area contributed by atoms with Crippen LogP contribution in [0.25, 0.3) is 0 Å². The van der Waals surface area contributed by atoms with Gasteiger partial charge in [0.15, 0.2) is 0 Å². The molecule has 232 valence electrons. The predicted octanol–water partition coefficient (Wildman–Crippen LogP) is 6.85. The Kier molecular flexibility index (Phi) is 11.5. The molecule has 43 heavy (non-hydrogen) atoms. The van der Waals surface area contributed by atoms with Crippen LogP contribution >= 0.6 is 23.2 Å². The van der Waals surface area contributed by atoms with Crippen LogP contribution in [-0.4, -0.2) is 44.3 Å². The van der Waals surface area contributed by atoms with Gasteiger partial charge >= 0.3 is 6.18 Å². The van der Waals surface area contributed by atoms with Gasteiger partial charge in [-0.05, 0) is 67.8 Å². The van der Waals surface area contributed by atoms with E-state index in [-0.39, 0.29) is 33.6 Å². The van der Waals surface area contributed by atoms with E-state index in [4.69, 9.17) is 23.2 Å². The molecule has 0 radical (unpaired) electrons. The number of nitrogens with zero attached hydrogens (tertiary/aromatic N) is 2. The van der Waals surface area contributed by atoms with Crippen molar-refractivity contribution in [1.29, 1.82) is 0 Å². The Hall–Kier alpha value is -3.28. The highest BCUT2D eigenvalue weighted by Crippen LogP contribution is 2.33. The molecule has 7 nitrogen and oxygen atoms in total. The minimum absolute atomic E-state index is 0.144. The molecule has 13 heteroatoms. The minimum Gasteiger partial charge on any atom is -0.354 e. The van der Waals surface area contributed by atoms with Crippen molar-refractivity contribution in [3.05, 3.63) is 93.5 Å². The Morgan fingerprint density at radius 2 is 1.63 bits per heavy atom. The number of amides is 2. The number of sulfonamides is 1. The lowest BCUT2D eigenvalue weighted by atomic mass is 10.1. The van der Waals surface area contributed by atoms with Gasteiger partial charge in [0.25, 0.3) is 10.0 Å². The van der Waals surface area contributed by atoms with Gasteiger partial charge in [-0.25, -0.2) is 8.42 Å². The molecule has 0 unspecified atom stereocenters. The van der Waals surface area contributed by atoms with Gasteiger partial charge in [-0.3, -0.25) is 13.9 Å². The van der Waals surface area contributed by atoms with Gasteiger partial charge in [0.05, 0.1) is 26.2 Å². The van der Waals surface area contributed by atoms with Crippen molar-refractivity contribution in [3.8, 4) is 0 Å². The number of hydrogen-bond acceptors (Lipinski definition) is 4. The smallest absolute Gasteiger partial charge is 0.354 e. The van der Waals surface area contributed by atoms with Crippen molar-refractivity contribution >= 4 is 50.7 Å². The molecule has 1 N–H and O–H groups in total. The maximum absolute atomic E-state index is 14.0. The molecule has 0 aliphatic carbocycles. The van der Waals surface area contributed by atoms with Crippen LogP contribution in [0.5, 0.6) is 0 Å². The summed E-state index contributed by atoms with van der Waals surface area (Å²) in [7, 11) is -4.53. The van der Waals surface area contributed by atoms with Gasteiger partial charge < -0.3 is 10.2 Å². The van der Waals surface area contributed by atoms with Gasteiger partial charge in [-0.2, -0.15) is 13.2 Å². The Labute approximate surface area is 259 Å². The highest BCUT2D eigenvalue weighted by Gasteiger charge is 2.36. The standard InChI is InChI=1S/C30H32Cl2F3N3O4S/c1-4-15-36-29(40)27(5-2)37(18-21-11-14-25(31)26(32)16-21)28(39)19-38(23-8-6-7-22(17-23)30(33,34)35)43(41,42)24-12-9-20(3)10-13-24/h6-14,16-17,27H,4-5,15,18-19H2,1-3H3,(H,36,40)/t27-/m1/s1. The van der Waals surface area contributed by atoms with Crippen LogP contribution in [-0.2, 0) is 32.3 Å².